The minimum Gasteiger partial charge on any atom is -0.494 e. The van der Waals surface area contributed by atoms with Crippen LogP contribution in [0.3, 0.4) is 0 Å². The molecule has 148 valence electrons. The highest BCUT2D eigenvalue weighted by Gasteiger charge is 2.29. The molecule has 3 rings (SSSR count). The topological polar surface area (TPSA) is 111 Å². The van der Waals surface area contributed by atoms with Gasteiger partial charge >= 0.3 is 6.09 Å². The van der Waals surface area contributed by atoms with Crippen LogP contribution in [0.4, 0.5) is 9.80 Å². The van der Waals surface area contributed by atoms with E-state index in [0.717, 1.165) is 10.4 Å². The number of hydrogen-bond acceptors (Lipinski definition) is 6. The van der Waals surface area contributed by atoms with Crippen LogP contribution in [-0.4, -0.2) is 43.1 Å². The van der Waals surface area contributed by atoms with Gasteiger partial charge in [-0.25, -0.2) is 4.79 Å². The molecule has 8 nitrogen and oxygen atoms in total. The SMILES string of the molecule is CCOc1ccc(C(=O)Nc2sc3c(c2C(N)=O)CCN(C(=O)OC)C3)cc1. The van der Waals surface area contributed by atoms with Gasteiger partial charge in [0.2, 0.25) is 0 Å². The second-order valence-electron chi connectivity index (χ2n) is 6.13. The lowest BCUT2D eigenvalue weighted by molar-refractivity contribution is 0.0999. The number of benzene rings is 1. The van der Waals surface area contributed by atoms with Gasteiger partial charge in [0.15, 0.2) is 0 Å². The van der Waals surface area contributed by atoms with E-state index in [4.69, 9.17) is 15.2 Å². The van der Waals surface area contributed by atoms with E-state index in [9.17, 15) is 14.4 Å². The highest BCUT2D eigenvalue weighted by atomic mass is 32.1. The van der Waals surface area contributed by atoms with Gasteiger partial charge in [0.1, 0.15) is 10.8 Å². The summed E-state index contributed by atoms with van der Waals surface area (Å²) in [4.78, 5) is 38.8. The van der Waals surface area contributed by atoms with E-state index >= 15 is 0 Å². The van der Waals surface area contributed by atoms with Gasteiger partial charge in [-0.2, -0.15) is 0 Å². The summed E-state index contributed by atoms with van der Waals surface area (Å²) >= 11 is 1.25. The fourth-order valence-electron chi connectivity index (χ4n) is 3.08. The summed E-state index contributed by atoms with van der Waals surface area (Å²) < 4.78 is 10.1. The molecule has 0 saturated carbocycles. The zero-order chi connectivity index (χ0) is 20.3. The Labute approximate surface area is 166 Å². The second-order valence-corrected chi connectivity index (χ2v) is 7.23. The maximum atomic E-state index is 12.6. The highest BCUT2D eigenvalue weighted by Crippen LogP contribution is 2.37. The monoisotopic (exact) mass is 403 g/mol. The summed E-state index contributed by atoms with van der Waals surface area (Å²) in [5.41, 5.74) is 7.08. The first-order valence-electron chi connectivity index (χ1n) is 8.76. The van der Waals surface area contributed by atoms with E-state index < -0.39 is 12.0 Å². The van der Waals surface area contributed by atoms with Gasteiger partial charge < -0.3 is 25.4 Å². The lowest BCUT2D eigenvalue weighted by Gasteiger charge is -2.25. The van der Waals surface area contributed by atoms with Crippen molar-refractivity contribution in [3.05, 3.63) is 45.8 Å². The van der Waals surface area contributed by atoms with Crippen molar-refractivity contribution in [3.8, 4) is 5.75 Å². The minimum atomic E-state index is -0.606. The van der Waals surface area contributed by atoms with Crippen LogP contribution in [0.25, 0.3) is 0 Å². The minimum absolute atomic E-state index is 0.309. The van der Waals surface area contributed by atoms with Gasteiger partial charge in [0.25, 0.3) is 11.8 Å². The van der Waals surface area contributed by atoms with E-state index in [2.05, 4.69) is 5.32 Å². The van der Waals surface area contributed by atoms with Crippen LogP contribution in [0.5, 0.6) is 5.75 Å². The normalized spacial score (nSPS) is 12.9. The van der Waals surface area contributed by atoms with Crippen molar-refractivity contribution < 1.29 is 23.9 Å². The Morgan fingerprint density at radius 1 is 1.25 bits per heavy atom. The average molecular weight is 403 g/mol. The Balaban J connectivity index is 1.84. The number of nitrogens with two attached hydrogens (primary N) is 1. The number of nitrogens with zero attached hydrogens (tertiary/aromatic N) is 1. The third-order valence-electron chi connectivity index (χ3n) is 4.39. The van der Waals surface area contributed by atoms with E-state index in [-0.39, 0.29) is 5.91 Å². The second kappa shape index (κ2) is 8.30. The predicted octanol–water partition coefficient (Wildman–Crippen LogP) is 2.62. The molecule has 9 heteroatoms. The summed E-state index contributed by atoms with van der Waals surface area (Å²) in [6, 6.07) is 6.72. The molecule has 1 aromatic carbocycles. The smallest absolute Gasteiger partial charge is 0.409 e. The van der Waals surface area contributed by atoms with Crippen LogP contribution < -0.4 is 15.8 Å². The molecule has 0 radical (unpaired) electrons. The molecule has 1 aliphatic heterocycles. The molecule has 3 N–H and O–H groups in total. The first-order chi connectivity index (χ1) is 13.4. The number of carbonyl (C=O) groups excluding carboxylic acids is 3. The number of hydrogen-bond donors (Lipinski definition) is 2. The van der Waals surface area contributed by atoms with Crippen molar-refractivity contribution in [2.45, 2.75) is 19.9 Å². The maximum Gasteiger partial charge on any atom is 0.409 e. The molecule has 0 unspecified atom stereocenters. The number of amides is 3. The fourth-order valence-corrected chi connectivity index (χ4v) is 4.35. The molecule has 0 aliphatic carbocycles. The van der Waals surface area contributed by atoms with Crippen LogP contribution in [-0.2, 0) is 17.7 Å². The van der Waals surface area contributed by atoms with Crippen LogP contribution in [0.2, 0.25) is 0 Å². The van der Waals surface area contributed by atoms with Crippen LogP contribution in [0, 0.1) is 0 Å². The van der Waals surface area contributed by atoms with Gasteiger partial charge in [-0.3, -0.25) is 9.59 Å². The number of fused-ring (bicyclic) bond motifs is 1. The summed E-state index contributed by atoms with van der Waals surface area (Å²) in [5.74, 6) is -0.286. The van der Waals surface area contributed by atoms with Crippen molar-refractivity contribution in [1.82, 2.24) is 4.90 Å². The van der Waals surface area contributed by atoms with E-state index in [1.165, 1.54) is 18.4 Å². The summed E-state index contributed by atoms with van der Waals surface area (Å²) in [5, 5.41) is 3.17. The molecule has 0 fully saturated rings. The van der Waals surface area contributed by atoms with Crippen LogP contribution >= 0.6 is 11.3 Å². The molecule has 1 aromatic heterocycles. The standard InChI is InChI=1S/C19H21N3O5S/c1-3-27-12-6-4-11(5-7-12)17(24)21-18-15(16(20)23)13-8-9-22(19(25)26-2)10-14(13)28-18/h4-7H,3,8-10H2,1-2H3,(H2,20,23)(H,21,24). The third-order valence-corrected chi connectivity index (χ3v) is 5.52. The Morgan fingerprint density at radius 3 is 2.57 bits per heavy atom. The van der Waals surface area contributed by atoms with Gasteiger partial charge in [0.05, 0.1) is 25.8 Å². The molecule has 0 atom stereocenters. The molecule has 3 amide bonds. The number of methoxy groups -OCH3 is 1. The number of primary amides is 1. The molecule has 2 aromatic rings. The van der Waals surface area contributed by atoms with E-state index in [1.807, 2.05) is 6.92 Å². The largest absolute Gasteiger partial charge is 0.494 e. The van der Waals surface area contributed by atoms with E-state index in [1.54, 1.807) is 29.2 Å². The lowest BCUT2D eigenvalue weighted by Crippen LogP contribution is -2.35. The molecule has 0 spiro atoms. The summed E-state index contributed by atoms with van der Waals surface area (Å²) in [7, 11) is 1.32. The number of thiophene rings is 1. The molecule has 28 heavy (non-hydrogen) atoms. The van der Waals surface area contributed by atoms with Gasteiger partial charge in [-0.1, -0.05) is 0 Å². The molecule has 2 heterocycles. The Kier molecular flexibility index (Phi) is 5.84. The predicted molar refractivity (Wildman–Crippen MR) is 105 cm³/mol. The van der Waals surface area contributed by atoms with Crippen molar-refractivity contribution in [2.75, 3.05) is 25.6 Å². The molecular weight excluding hydrogens is 382 g/mol. The molecule has 1 aliphatic rings. The Bertz CT molecular complexity index is 907. The summed E-state index contributed by atoms with van der Waals surface area (Å²) in [6.07, 6.45) is 0.0395. The average Bonchev–Trinajstić information content (AvgIpc) is 3.05. The summed E-state index contributed by atoms with van der Waals surface area (Å²) in [6.45, 7) is 3.15. The molecule has 0 saturated heterocycles. The fraction of sp³-hybridized carbons (Fsp3) is 0.316. The first-order valence-corrected chi connectivity index (χ1v) is 9.57. The number of rotatable bonds is 5. The van der Waals surface area contributed by atoms with Crippen molar-refractivity contribution in [3.63, 3.8) is 0 Å². The van der Waals surface area contributed by atoms with Crippen LogP contribution in [0.1, 0.15) is 38.1 Å². The highest BCUT2D eigenvalue weighted by molar-refractivity contribution is 7.17. The van der Waals surface area contributed by atoms with Crippen molar-refractivity contribution >= 4 is 34.2 Å². The van der Waals surface area contributed by atoms with Gasteiger partial charge in [-0.15, -0.1) is 11.3 Å². The van der Waals surface area contributed by atoms with Crippen molar-refractivity contribution in [2.24, 2.45) is 5.73 Å². The number of anilines is 1. The van der Waals surface area contributed by atoms with Gasteiger partial charge in [-0.05, 0) is 43.2 Å². The Hall–Kier alpha value is -3.07. The molecule has 0 bridgehead atoms. The third kappa shape index (κ3) is 3.94. The van der Waals surface area contributed by atoms with Crippen LogP contribution in [0.15, 0.2) is 24.3 Å². The lowest BCUT2D eigenvalue weighted by atomic mass is 10.0. The maximum absolute atomic E-state index is 12.6. The quantitative estimate of drug-likeness (QED) is 0.797. The number of carbonyl (C=O) groups is 3. The zero-order valence-corrected chi connectivity index (χ0v) is 16.4. The number of nitrogens with one attached hydrogen (secondary N) is 1. The first kappa shape index (κ1) is 19.7. The van der Waals surface area contributed by atoms with Crippen molar-refractivity contribution in [1.29, 1.82) is 0 Å². The molecular formula is C19H21N3O5S. The van der Waals surface area contributed by atoms with Gasteiger partial charge in [0, 0.05) is 17.0 Å². The number of ether oxygens (including phenoxy) is 2. The Morgan fingerprint density at radius 2 is 1.96 bits per heavy atom. The van der Waals surface area contributed by atoms with E-state index in [0.29, 0.717) is 48.0 Å². The zero-order valence-electron chi connectivity index (χ0n) is 15.6.